The minimum atomic E-state index is -2.67. The lowest BCUT2D eigenvalue weighted by molar-refractivity contribution is -0.166. The Morgan fingerprint density at radius 3 is 2.14 bits per heavy atom. The topological polar surface area (TPSA) is 155 Å². The van der Waals surface area contributed by atoms with E-state index < -0.39 is 76.9 Å². The number of likely N-dealkylation sites (tertiary alicyclic amines) is 1. The van der Waals surface area contributed by atoms with Gasteiger partial charge in [0.25, 0.3) is 0 Å². The van der Waals surface area contributed by atoms with Gasteiger partial charge in [0.15, 0.2) is 11.3 Å². The maximum Gasteiger partial charge on any atom is 0.354 e. The van der Waals surface area contributed by atoms with Crippen LogP contribution in [-0.2, 0) is 54.9 Å². The average Bonchev–Trinajstić information content (AvgIpc) is 3.58. The standard InChI is InChI=1S/C37H35FN2O11/c1-47-25-14-11-23(12-15-25)32(43)27-21-40(29(33(44)50-4)18-30(41)48-2)36(35(46)51-5,19-31(42)49-3)37(27)26-17-24(38)13-16-28(26)39(34(37)45)20-22-9-7-6-8-10-22/h6-18,27H,19-21H2,1-5H3/b29-18+/t27-,36-,37+/m0/s1. The molecule has 2 aliphatic rings. The largest absolute Gasteiger partial charge is 0.497 e. The van der Waals surface area contributed by atoms with Crippen LogP contribution in [0.1, 0.15) is 27.9 Å². The molecule has 266 valence electrons. The zero-order chi connectivity index (χ0) is 37.1. The summed E-state index contributed by atoms with van der Waals surface area (Å²) in [6, 6.07) is 18.2. The third-order valence-corrected chi connectivity index (χ3v) is 9.42. The van der Waals surface area contributed by atoms with Gasteiger partial charge < -0.3 is 33.5 Å². The van der Waals surface area contributed by atoms with Gasteiger partial charge in [-0.25, -0.2) is 18.8 Å². The number of rotatable bonds is 11. The molecule has 3 aromatic rings. The first kappa shape index (κ1) is 36.2. The Hall–Kier alpha value is -6.05. The number of benzene rings is 3. The first-order valence-corrected chi connectivity index (χ1v) is 15.6. The second kappa shape index (κ2) is 14.4. The van der Waals surface area contributed by atoms with Crippen LogP contribution in [0.4, 0.5) is 10.1 Å². The summed E-state index contributed by atoms with van der Waals surface area (Å²) in [5.74, 6) is -8.21. The van der Waals surface area contributed by atoms with Crippen molar-refractivity contribution < 1.29 is 56.8 Å². The Morgan fingerprint density at radius 2 is 1.55 bits per heavy atom. The molecule has 1 spiro atoms. The van der Waals surface area contributed by atoms with E-state index in [0.29, 0.717) is 17.4 Å². The number of ketones is 1. The van der Waals surface area contributed by atoms with Crippen LogP contribution in [0, 0.1) is 11.7 Å². The molecule has 0 bridgehead atoms. The zero-order valence-corrected chi connectivity index (χ0v) is 28.5. The lowest BCUT2D eigenvalue weighted by Gasteiger charge is -2.45. The van der Waals surface area contributed by atoms with Crippen LogP contribution in [-0.4, -0.2) is 88.1 Å². The number of methoxy groups -OCH3 is 5. The fourth-order valence-electron chi connectivity index (χ4n) is 7.22. The van der Waals surface area contributed by atoms with E-state index in [1.54, 1.807) is 30.3 Å². The highest BCUT2D eigenvalue weighted by atomic mass is 19.1. The van der Waals surface area contributed by atoms with E-state index in [1.807, 2.05) is 0 Å². The molecule has 1 saturated heterocycles. The summed E-state index contributed by atoms with van der Waals surface area (Å²) in [7, 11) is 5.51. The van der Waals surface area contributed by atoms with Crippen molar-refractivity contribution in [2.24, 2.45) is 5.92 Å². The van der Waals surface area contributed by atoms with Crippen LogP contribution in [0.15, 0.2) is 84.6 Å². The summed E-state index contributed by atoms with van der Waals surface area (Å²) in [5.41, 5.74) is -5.09. The molecule has 14 heteroatoms. The number of esters is 4. The highest BCUT2D eigenvalue weighted by Gasteiger charge is 2.79. The van der Waals surface area contributed by atoms with Crippen molar-refractivity contribution in [1.82, 2.24) is 4.90 Å². The molecule has 2 aliphatic heterocycles. The molecule has 5 rings (SSSR count). The summed E-state index contributed by atoms with van der Waals surface area (Å²) < 4.78 is 40.9. The van der Waals surface area contributed by atoms with Crippen LogP contribution < -0.4 is 9.64 Å². The molecule has 51 heavy (non-hydrogen) atoms. The third kappa shape index (κ3) is 5.85. The normalized spacial score (nSPS) is 20.9. The van der Waals surface area contributed by atoms with Gasteiger partial charge in [-0.1, -0.05) is 30.3 Å². The summed E-state index contributed by atoms with van der Waals surface area (Å²) in [4.78, 5) is 87.2. The minimum Gasteiger partial charge on any atom is -0.497 e. The number of amides is 1. The molecule has 0 aliphatic carbocycles. The maximum absolute atomic E-state index is 15.6. The van der Waals surface area contributed by atoms with Gasteiger partial charge in [-0.05, 0) is 53.6 Å². The highest BCUT2D eigenvalue weighted by molar-refractivity contribution is 6.18. The van der Waals surface area contributed by atoms with E-state index in [1.165, 1.54) is 42.3 Å². The Balaban J connectivity index is 1.95. The summed E-state index contributed by atoms with van der Waals surface area (Å²) >= 11 is 0. The first-order valence-electron chi connectivity index (χ1n) is 15.6. The molecule has 0 aromatic heterocycles. The number of Topliss-reactive ketones (excluding diaryl/α,β-unsaturated/α-hetero) is 1. The van der Waals surface area contributed by atoms with Crippen LogP contribution in [0.2, 0.25) is 0 Å². The SMILES string of the molecule is COC(=O)/C=C(\C(=O)OC)N1C[C@@H](C(=O)c2ccc(OC)cc2)[C@]2(C(=O)N(Cc3ccccc3)c3ccc(F)cc32)[C@]1(CC(=O)OC)C(=O)OC. The molecule has 2 heterocycles. The van der Waals surface area contributed by atoms with Crippen molar-refractivity contribution in [2.45, 2.75) is 23.9 Å². The number of ether oxygens (including phenoxy) is 5. The van der Waals surface area contributed by atoms with Gasteiger partial charge in [0.1, 0.15) is 22.7 Å². The molecule has 3 aromatic carbocycles. The molecule has 0 radical (unpaired) electrons. The number of nitrogens with zero attached hydrogens (tertiary/aromatic N) is 2. The Morgan fingerprint density at radius 1 is 0.863 bits per heavy atom. The van der Waals surface area contributed by atoms with Gasteiger partial charge in [0.05, 0.1) is 60.5 Å². The van der Waals surface area contributed by atoms with Crippen molar-refractivity contribution in [3.8, 4) is 5.75 Å². The number of hydrogen-bond acceptors (Lipinski definition) is 12. The molecule has 3 atom stereocenters. The van der Waals surface area contributed by atoms with E-state index in [9.17, 15) is 24.0 Å². The fourth-order valence-corrected chi connectivity index (χ4v) is 7.22. The van der Waals surface area contributed by atoms with Crippen molar-refractivity contribution >= 4 is 41.3 Å². The Labute approximate surface area is 292 Å². The average molecular weight is 703 g/mol. The number of carbonyl (C=O) groups excluding carboxylic acids is 6. The lowest BCUT2D eigenvalue weighted by atomic mass is 9.58. The number of halogens is 1. The number of hydrogen-bond donors (Lipinski definition) is 0. The minimum absolute atomic E-state index is 0.0580. The summed E-state index contributed by atoms with van der Waals surface area (Å²) in [6.07, 6.45) is -0.290. The van der Waals surface area contributed by atoms with Gasteiger partial charge in [0.2, 0.25) is 5.91 Å². The van der Waals surface area contributed by atoms with E-state index in [0.717, 1.165) is 45.5 Å². The highest BCUT2D eigenvalue weighted by Crippen LogP contribution is 2.62. The van der Waals surface area contributed by atoms with E-state index in [4.69, 9.17) is 23.7 Å². The smallest absolute Gasteiger partial charge is 0.354 e. The molecule has 0 unspecified atom stereocenters. The summed E-state index contributed by atoms with van der Waals surface area (Å²) in [5, 5.41) is 0. The second-order valence-electron chi connectivity index (χ2n) is 11.8. The van der Waals surface area contributed by atoms with Crippen molar-refractivity contribution in [3.05, 3.63) is 107 Å². The van der Waals surface area contributed by atoms with E-state index >= 15 is 9.18 Å². The maximum atomic E-state index is 15.6. The zero-order valence-electron chi connectivity index (χ0n) is 28.5. The van der Waals surface area contributed by atoms with Crippen molar-refractivity contribution in [3.63, 3.8) is 0 Å². The lowest BCUT2D eigenvalue weighted by Crippen LogP contribution is -2.67. The predicted molar refractivity (Wildman–Crippen MR) is 177 cm³/mol. The van der Waals surface area contributed by atoms with Crippen LogP contribution in [0.3, 0.4) is 0 Å². The van der Waals surface area contributed by atoms with E-state index in [2.05, 4.69) is 0 Å². The molecular formula is C37H35FN2O11. The molecule has 1 amide bonds. The summed E-state index contributed by atoms with van der Waals surface area (Å²) in [6.45, 7) is -0.739. The third-order valence-electron chi connectivity index (χ3n) is 9.42. The first-order chi connectivity index (χ1) is 24.4. The van der Waals surface area contributed by atoms with Crippen LogP contribution in [0.25, 0.3) is 0 Å². The molecule has 1 fully saturated rings. The van der Waals surface area contributed by atoms with E-state index in [-0.39, 0.29) is 23.4 Å². The van der Waals surface area contributed by atoms with Crippen LogP contribution in [0.5, 0.6) is 5.75 Å². The number of anilines is 1. The quantitative estimate of drug-likeness (QED) is 0.125. The molecule has 13 nitrogen and oxygen atoms in total. The molecular weight excluding hydrogens is 667 g/mol. The monoisotopic (exact) mass is 702 g/mol. The second-order valence-corrected chi connectivity index (χ2v) is 11.8. The van der Waals surface area contributed by atoms with Gasteiger partial charge in [-0.2, -0.15) is 0 Å². The number of fused-ring (bicyclic) bond motifs is 2. The van der Waals surface area contributed by atoms with Gasteiger partial charge in [-0.3, -0.25) is 14.4 Å². The van der Waals surface area contributed by atoms with Crippen molar-refractivity contribution in [1.29, 1.82) is 0 Å². The van der Waals surface area contributed by atoms with Gasteiger partial charge in [0, 0.05) is 17.8 Å². The number of carbonyl (C=O) groups is 6. The fraction of sp³-hybridized carbons (Fsp3) is 0.297. The molecule has 0 saturated carbocycles. The Bertz CT molecular complexity index is 1910. The van der Waals surface area contributed by atoms with Crippen molar-refractivity contribution in [2.75, 3.05) is 47.0 Å². The molecule has 0 N–H and O–H groups in total. The van der Waals surface area contributed by atoms with Gasteiger partial charge in [-0.15, -0.1) is 0 Å². The van der Waals surface area contributed by atoms with Crippen LogP contribution >= 0.6 is 0 Å². The van der Waals surface area contributed by atoms with Gasteiger partial charge >= 0.3 is 23.9 Å². The predicted octanol–water partition coefficient (Wildman–Crippen LogP) is 3.14. The Kier molecular flexibility index (Phi) is 10.3.